The molecule has 1 N–H and O–H groups in total. The predicted molar refractivity (Wildman–Crippen MR) is 129 cm³/mol. The van der Waals surface area contributed by atoms with Crippen molar-refractivity contribution >= 4 is 41.3 Å². The third-order valence-corrected chi connectivity index (χ3v) is 5.79. The lowest BCUT2D eigenvalue weighted by molar-refractivity contribution is 0.169. The number of halogens is 1. The van der Waals surface area contributed by atoms with E-state index < -0.39 is 0 Å². The van der Waals surface area contributed by atoms with E-state index in [4.69, 9.17) is 13.9 Å². The first-order valence-electron chi connectivity index (χ1n) is 9.99. The fourth-order valence-corrected chi connectivity index (χ4v) is 4.04. The molecule has 1 aliphatic heterocycles. The Morgan fingerprint density at radius 3 is 2.77 bits per heavy atom. The van der Waals surface area contributed by atoms with E-state index in [1.165, 1.54) is 4.88 Å². The van der Waals surface area contributed by atoms with Gasteiger partial charge < -0.3 is 19.2 Å². The second-order valence-corrected chi connectivity index (χ2v) is 8.20. The fourth-order valence-electron chi connectivity index (χ4n) is 3.41. The molecule has 9 heteroatoms. The number of nitrogens with one attached hydrogen (secondary N) is 1. The number of hydrogen-bond acceptors (Lipinski definition) is 6. The lowest BCUT2D eigenvalue weighted by atomic mass is 10.3. The van der Waals surface area contributed by atoms with Gasteiger partial charge in [0, 0.05) is 56.6 Å². The van der Waals surface area contributed by atoms with Crippen molar-refractivity contribution in [3.8, 4) is 0 Å². The third-order valence-electron chi connectivity index (χ3n) is 4.93. The number of rotatable bonds is 7. The Labute approximate surface area is 198 Å². The van der Waals surface area contributed by atoms with E-state index in [1.807, 2.05) is 25.1 Å². The SMILES string of the molecule is Cc1cc(CN2CCN(C(=NCc3cccs3)NCCc3ccco3)CC2)no1.I. The second-order valence-electron chi connectivity index (χ2n) is 7.17. The first-order chi connectivity index (χ1) is 14.3. The molecule has 0 aromatic carbocycles. The first kappa shape index (κ1) is 22.8. The van der Waals surface area contributed by atoms with E-state index in [1.54, 1.807) is 17.6 Å². The lowest BCUT2D eigenvalue weighted by Gasteiger charge is -2.36. The maximum absolute atomic E-state index is 5.44. The normalized spacial score (nSPS) is 15.2. The Hall–Kier alpha value is -1.85. The number of hydrogen-bond donors (Lipinski definition) is 1. The van der Waals surface area contributed by atoms with E-state index in [9.17, 15) is 0 Å². The molecule has 0 amide bonds. The highest BCUT2D eigenvalue weighted by atomic mass is 127. The Morgan fingerprint density at radius 1 is 1.23 bits per heavy atom. The fraction of sp³-hybridized carbons (Fsp3) is 0.429. The molecule has 0 saturated carbocycles. The molecule has 0 unspecified atom stereocenters. The molecule has 0 atom stereocenters. The summed E-state index contributed by atoms with van der Waals surface area (Å²) in [6.07, 6.45) is 2.56. The zero-order valence-corrected chi connectivity index (χ0v) is 20.3. The first-order valence-corrected chi connectivity index (χ1v) is 10.9. The Bertz CT molecular complexity index is 887. The number of thiophene rings is 1. The largest absolute Gasteiger partial charge is 0.469 e. The van der Waals surface area contributed by atoms with Crippen molar-refractivity contribution in [2.45, 2.75) is 26.4 Å². The summed E-state index contributed by atoms with van der Waals surface area (Å²) in [5, 5.41) is 9.74. The van der Waals surface area contributed by atoms with Crippen LogP contribution in [0.4, 0.5) is 0 Å². The molecule has 0 bridgehead atoms. The van der Waals surface area contributed by atoms with Crippen LogP contribution in [0.25, 0.3) is 0 Å². The van der Waals surface area contributed by atoms with Crippen LogP contribution in [-0.4, -0.2) is 53.6 Å². The van der Waals surface area contributed by atoms with Crippen LogP contribution in [0, 0.1) is 6.92 Å². The summed E-state index contributed by atoms with van der Waals surface area (Å²) in [7, 11) is 0. The molecule has 0 radical (unpaired) electrons. The minimum atomic E-state index is 0. The van der Waals surface area contributed by atoms with Gasteiger partial charge in [-0.2, -0.15) is 0 Å². The van der Waals surface area contributed by atoms with Gasteiger partial charge in [0.1, 0.15) is 11.5 Å². The van der Waals surface area contributed by atoms with Gasteiger partial charge in [-0.1, -0.05) is 11.2 Å². The third kappa shape index (κ3) is 6.58. The van der Waals surface area contributed by atoms with Crippen molar-refractivity contribution in [1.82, 2.24) is 20.3 Å². The van der Waals surface area contributed by atoms with E-state index >= 15 is 0 Å². The number of piperazine rings is 1. The Balaban J connectivity index is 0.00000256. The van der Waals surface area contributed by atoms with Crippen LogP contribution in [0.2, 0.25) is 0 Å². The standard InChI is InChI=1S/C21H27N5O2S.HI/c1-17-14-18(24-28-17)16-25-8-10-26(11-9-25)21(23-15-20-5-3-13-29-20)22-7-6-19-4-2-12-27-19;/h2-5,12-14H,6-11,15-16H2,1H3,(H,22,23);1H. The summed E-state index contributed by atoms with van der Waals surface area (Å²) < 4.78 is 10.6. The summed E-state index contributed by atoms with van der Waals surface area (Å²) in [5.41, 5.74) is 0.999. The molecule has 3 aromatic heterocycles. The van der Waals surface area contributed by atoms with Crippen LogP contribution in [0.15, 0.2) is 55.9 Å². The molecule has 4 rings (SSSR count). The highest BCUT2D eigenvalue weighted by Crippen LogP contribution is 2.12. The monoisotopic (exact) mass is 541 g/mol. The predicted octanol–water partition coefficient (Wildman–Crippen LogP) is 3.76. The van der Waals surface area contributed by atoms with Crippen LogP contribution in [0.5, 0.6) is 0 Å². The van der Waals surface area contributed by atoms with Gasteiger partial charge in [0.2, 0.25) is 0 Å². The quantitative estimate of drug-likeness (QED) is 0.279. The van der Waals surface area contributed by atoms with Gasteiger partial charge in [-0.25, -0.2) is 4.99 Å². The van der Waals surface area contributed by atoms with Crippen molar-refractivity contribution in [3.05, 3.63) is 64.1 Å². The molecule has 1 saturated heterocycles. The average molecular weight is 541 g/mol. The molecule has 1 fully saturated rings. The summed E-state index contributed by atoms with van der Waals surface area (Å²) in [4.78, 5) is 10.9. The van der Waals surface area contributed by atoms with Gasteiger partial charge in [-0.15, -0.1) is 35.3 Å². The number of aromatic nitrogens is 1. The van der Waals surface area contributed by atoms with Gasteiger partial charge >= 0.3 is 0 Å². The lowest BCUT2D eigenvalue weighted by Crippen LogP contribution is -2.52. The van der Waals surface area contributed by atoms with Crippen molar-refractivity contribution in [3.63, 3.8) is 0 Å². The number of aliphatic imine (C=N–C) groups is 1. The van der Waals surface area contributed by atoms with Crippen LogP contribution in [0.1, 0.15) is 22.1 Å². The minimum Gasteiger partial charge on any atom is -0.469 e. The number of furan rings is 1. The van der Waals surface area contributed by atoms with Crippen molar-refractivity contribution in [1.29, 1.82) is 0 Å². The smallest absolute Gasteiger partial charge is 0.194 e. The molecule has 0 aliphatic carbocycles. The zero-order chi connectivity index (χ0) is 19.9. The Morgan fingerprint density at radius 2 is 2.10 bits per heavy atom. The summed E-state index contributed by atoms with van der Waals surface area (Å²) in [6, 6.07) is 10.2. The second kappa shape index (κ2) is 11.5. The molecule has 1 aliphatic rings. The topological polar surface area (TPSA) is 70.0 Å². The van der Waals surface area contributed by atoms with Crippen LogP contribution in [0.3, 0.4) is 0 Å². The van der Waals surface area contributed by atoms with Gasteiger partial charge in [-0.3, -0.25) is 4.90 Å². The maximum atomic E-state index is 5.44. The van der Waals surface area contributed by atoms with Gasteiger partial charge in [0.25, 0.3) is 0 Å². The van der Waals surface area contributed by atoms with E-state index in [0.717, 1.165) is 68.9 Å². The summed E-state index contributed by atoms with van der Waals surface area (Å²) >= 11 is 1.74. The Kier molecular flexibility index (Phi) is 8.76. The van der Waals surface area contributed by atoms with Crippen LogP contribution in [-0.2, 0) is 19.5 Å². The van der Waals surface area contributed by atoms with Crippen molar-refractivity contribution in [2.75, 3.05) is 32.7 Å². The van der Waals surface area contributed by atoms with E-state index in [-0.39, 0.29) is 24.0 Å². The van der Waals surface area contributed by atoms with Gasteiger partial charge in [0.15, 0.2) is 5.96 Å². The number of nitrogens with zero attached hydrogens (tertiary/aromatic N) is 4. The van der Waals surface area contributed by atoms with Crippen LogP contribution >= 0.6 is 35.3 Å². The average Bonchev–Trinajstić information content (AvgIpc) is 3.49. The van der Waals surface area contributed by atoms with Gasteiger partial charge in [0.05, 0.1) is 18.5 Å². The van der Waals surface area contributed by atoms with Crippen molar-refractivity contribution in [2.24, 2.45) is 4.99 Å². The van der Waals surface area contributed by atoms with E-state index in [2.05, 4.69) is 37.8 Å². The molecular weight excluding hydrogens is 513 g/mol. The molecule has 0 spiro atoms. The van der Waals surface area contributed by atoms with Crippen LogP contribution < -0.4 is 5.32 Å². The van der Waals surface area contributed by atoms with Gasteiger partial charge in [-0.05, 0) is 30.5 Å². The minimum absolute atomic E-state index is 0. The molecule has 4 heterocycles. The maximum Gasteiger partial charge on any atom is 0.194 e. The summed E-state index contributed by atoms with van der Waals surface area (Å²) in [5.74, 6) is 2.83. The number of aryl methyl sites for hydroxylation is 1. The molecule has 7 nitrogen and oxygen atoms in total. The molecule has 162 valence electrons. The highest BCUT2D eigenvalue weighted by molar-refractivity contribution is 14.0. The highest BCUT2D eigenvalue weighted by Gasteiger charge is 2.20. The molecule has 3 aromatic rings. The van der Waals surface area contributed by atoms with E-state index in [0.29, 0.717) is 6.54 Å². The molecular formula is C21H28IN5O2S. The number of guanidine groups is 1. The zero-order valence-electron chi connectivity index (χ0n) is 17.1. The summed E-state index contributed by atoms with van der Waals surface area (Å²) in [6.45, 7) is 8.10. The molecule has 30 heavy (non-hydrogen) atoms. The van der Waals surface area contributed by atoms with Crippen molar-refractivity contribution < 1.29 is 8.94 Å².